The van der Waals surface area contributed by atoms with E-state index in [1.54, 1.807) is 0 Å². The highest BCUT2D eigenvalue weighted by atomic mass is 16.5. The molecule has 1 N–H and O–H groups in total. The van der Waals surface area contributed by atoms with Crippen LogP contribution < -0.4 is 10.1 Å². The number of nitrogens with one attached hydrogen (secondary N) is 1. The molecule has 2 nitrogen and oxygen atoms in total. The molecule has 102 valence electrons. The third-order valence-corrected chi connectivity index (χ3v) is 3.24. The summed E-state index contributed by atoms with van der Waals surface area (Å²) in [6.07, 6.45) is 4.84. The molecule has 0 spiro atoms. The minimum Gasteiger partial charge on any atom is -0.493 e. The third kappa shape index (κ3) is 5.54. The lowest BCUT2D eigenvalue weighted by molar-refractivity contribution is 0.303. The fourth-order valence-electron chi connectivity index (χ4n) is 1.89. The van der Waals surface area contributed by atoms with E-state index in [4.69, 9.17) is 4.74 Å². The first-order valence-electron chi connectivity index (χ1n) is 7.15. The van der Waals surface area contributed by atoms with E-state index in [1.165, 1.54) is 30.4 Å². The van der Waals surface area contributed by atoms with Gasteiger partial charge in [0.2, 0.25) is 0 Å². The van der Waals surface area contributed by atoms with Crippen LogP contribution in [0.15, 0.2) is 18.2 Å². The molecule has 1 rings (SSSR count). The molecule has 1 aromatic rings. The van der Waals surface area contributed by atoms with Crippen LogP contribution in [0.4, 0.5) is 0 Å². The van der Waals surface area contributed by atoms with Crippen LogP contribution in [0.2, 0.25) is 0 Å². The summed E-state index contributed by atoms with van der Waals surface area (Å²) in [5.74, 6) is 1.04. The number of unbranched alkanes of at least 4 members (excludes halogenated alkanes) is 2. The zero-order valence-corrected chi connectivity index (χ0v) is 12.1. The van der Waals surface area contributed by atoms with Crippen LogP contribution in [0.5, 0.6) is 5.75 Å². The summed E-state index contributed by atoms with van der Waals surface area (Å²) in [4.78, 5) is 0. The smallest absolute Gasteiger partial charge is 0.122 e. The summed E-state index contributed by atoms with van der Waals surface area (Å²) in [6, 6.07) is 6.25. The number of hydrogen-bond acceptors (Lipinski definition) is 2. The SMILES string of the molecule is CCCNCCCCCOc1cccc(C)c1C. The summed E-state index contributed by atoms with van der Waals surface area (Å²) < 4.78 is 5.82. The van der Waals surface area contributed by atoms with Gasteiger partial charge in [-0.2, -0.15) is 0 Å². The lowest BCUT2D eigenvalue weighted by Crippen LogP contribution is -2.15. The summed E-state index contributed by atoms with van der Waals surface area (Å²) in [5.41, 5.74) is 2.57. The molecular formula is C16H27NO. The molecule has 0 bridgehead atoms. The van der Waals surface area contributed by atoms with Crippen molar-refractivity contribution in [2.75, 3.05) is 19.7 Å². The molecule has 0 saturated heterocycles. The van der Waals surface area contributed by atoms with Crippen molar-refractivity contribution in [3.05, 3.63) is 29.3 Å². The van der Waals surface area contributed by atoms with E-state index in [-0.39, 0.29) is 0 Å². The van der Waals surface area contributed by atoms with Gasteiger partial charge in [0, 0.05) is 0 Å². The van der Waals surface area contributed by atoms with E-state index in [0.717, 1.165) is 31.9 Å². The molecule has 0 saturated carbocycles. The molecule has 2 heteroatoms. The molecule has 0 unspecified atom stereocenters. The predicted octanol–water partition coefficient (Wildman–Crippen LogP) is 3.85. The summed E-state index contributed by atoms with van der Waals surface area (Å²) in [7, 11) is 0. The molecule has 0 heterocycles. The molecule has 0 aliphatic rings. The Morgan fingerprint density at radius 2 is 1.89 bits per heavy atom. The second kappa shape index (κ2) is 8.98. The van der Waals surface area contributed by atoms with Gasteiger partial charge in [-0.25, -0.2) is 0 Å². The van der Waals surface area contributed by atoms with Crippen molar-refractivity contribution in [1.82, 2.24) is 5.32 Å². The average molecular weight is 249 g/mol. The van der Waals surface area contributed by atoms with Crippen LogP contribution in [0.25, 0.3) is 0 Å². The van der Waals surface area contributed by atoms with Gasteiger partial charge in [0.05, 0.1) is 6.61 Å². The Hall–Kier alpha value is -1.02. The number of ether oxygens (including phenoxy) is 1. The first-order chi connectivity index (χ1) is 8.75. The van der Waals surface area contributed by atoms with Crippen LogP contribution in [0, 0.1) is 13.8 Å². The van der Waals surface area contributed by atoms with Crippen molar-refractivity contribution < 1.29 is 4.74 Å². The van der Waals surface area contributed by atoms with E-state index in [9.17, 15) is 0 Å². The van der Waals surface area contributed by atoms with Crippen LogP contribution in [0.1, 0.15) is 43.7 Å². The van der Waals surface area contributed by atoms with Gasteiger partial charge < -0.3 is 10.1 Å². The Labute approximate surface area is 112 Å². The van der Waals surface area contributed by atoms with Crippen molar-refractivity contribution in [3.63, 3.8) is 0 Å². The van der Waals surface area contributed by atoms with E-state index in [1.807, 2.05) is 0 Å². The van der Waals surface area contributed by atoms with Gasteiger partial charge in [-0.1, -0.05) is 19.1 Å². The maximum absolute atomic E-state index is 5.82. The third-order valence-electron chi connectivity index (χ3n) is 3.24. The fraction of sp³-hybridized carbons (Fsp3) is 0.625. The van der Waals surface area contributed by atoms with Crippen molar-refractivity contribution >= 4 is 0 Å². The van der Waals surface area contributed by atoms with Crippen LogP contribution in [-0.4, -0.2) is 19.7 Å². The zero-order chi connectivity index (χ0) is 13.2. The Morgan fingerprint density at radius 1 is 1.06 bits per heavy atom. The molecule has 0 aliphatic heterocycles. The van der Waals surface area contributed by atoms with Gasteiger partial charge in [0.25, 0.3) is 0 Å². The summed E-state index contributed by atoms with van der Waals surface area (Å²) in [5, 5.41) is 3.42. The Kier molecular flexibility index (Phi) is 7.51. The molecule has 0 fully saturated rings. The lowest BCUT2D eigenvalue weighted by atomic mass is 10.1. The molecule has 0 aromatic heterocycles. The van der Waals surface area contributed by atoms with Crippen molar-refractivity contribution in [2.24, 2.45) is 0 Å². The molecule has 0 atom stereocenters. The molecule has 0 radical (unpaired) electrons. The second-order valence-corrected chi connectivity index (χ2v) is 4.86. The van der Waals surface area contributed by atoms with Crippen LogP contribution in [0.3, 0.4) is 0 Å². The van der Waals surface area contributed by atoms with Crippen molar-refractivity contribution in [2.45, 2.75) is 46.5 Å². The minimum atomic E-state index is 0.831. The second-order valence-electron chi connectivity index (χ2n) is 4.86. The molecule has 0 aliphatic carbocycles. The number of aryl methyl sites for hydroxylation is 1. The normalized spacial score (nSPS) is 10.6. The highest BCUT2D eigenvalue weighted by molar-refractivity contribution is 5.38. The Morgan fingerprint density at radius 3 is 2.67 bits per heavy atom. The monoisotopic (exact) mass is 249 g/mol. The Balaban J connectivity index is 2.09. The predicted molar refractivity (Wildman–Crippen MR) is 78.4 cm³/mol. The number of rotatable bonds is 9. The summed E-state index contributed by atoms with van der Waals surface area (Å²) >= 11 is 0. The topological polar surface area (TPSA) is 21.3 Å². The maximum Gasteiger partial charge on any atom is 0.122 e. The van der Waals surface area contributed by atoms with E-state index >= 15 is 0 Å². The maximum atomic E-state index is 5.82. The largest absolute Gasteiger partial charge is 0.493 e. The molecule has 1 aromatic carbocycles. The van der Waals surface area contributed by atoms with Crippen molar-refractivity contribution in [1.29, 1.82) is 0 Å². The first kappa shape index (κ1) is 15.0. The van der Waals surface area contributed by atoms with Gasteiger partial charge in [-0.05, 0) is 69.8 Å². The molecule has 0 amide bonds. The Bertz CT molecular complexity index is 336. The van der Waals surface area contributed by atoms with E-state index in [2.05, 4.69) is 44.3 Å². The highest BCUT2D eigenvalue weighted by Crippen LogP contribution is 2.20. The van der Waals surface area contributed by atoms with Gasteiger partial charge in [0.1, 0.15) is 5.75 Å². The summed E-state index contributed by atoms with van der Waals surface area (Å²) in [6.45, 7) is 9.56. The molecular weight excluding hydrogens is 222 g/mol. The first-order valence-corrected chi connectivity index (χ1v) is 7.15. The van der Waals surface area contributed by atoms with Crippen LogP contribution >= 0.6 is 0 Å². The standard InChI is InChI=1S/C16H27NO/c1-4-11-17-12-6-5-7-13-18-16-10-8-9-14(2)15(16)3/h8-10,17H,4-7,11-13H2,1-3H3. The van der Waals surface area contributed by atoms with E-state index in [0.29, 0.717) is 0 Å². The zero-order valence-electron chi connectivity index (χ0n) is 12.1. The van der Waals surface area contributed by atoms with Gasteiger partial charge in [-0.3, -0.25) is 0 Å². The fourth-order valence-corrected chi connectivity index (χ4v) is 1.89. The number of benzene rings is 1. The average Bonchev–Trinajstić information content (AvgIpc) is 2.37. The van der Waals surface area contributed by atoms with E-state index < -0.39 is 0 Å². The van der Waals surface area contributed by atoms with Gasteiger partial charge in [-0.15, -0.1) is 0 Å². The quantitative estimate of drug-likeness (QED) is 0.671. The van der Waals surface area contributed by atoms with Crippen LogP contribution in [-0.2, 0) is 0 Å². The van der Waals surface area contributed by atoms with Crippen molar-refractivity contribution in [3.8, 4) is 5.75 Å². The van der Waals surface area contributed by atoms with Gasteiger partial charge in [0.15, 0.2) is 0 Å². The lowest BCUT2D eigenvalue weighted by Gasteiger charge is -2.10. The number of hydrogen-bond donors (Lipinski definition) is 1. The molecule has 18 heavy (non-hydrogen) atoms. The highest BCUT2D eigenvalue weighted by Gasteiger charge is 2.00. The van der Waals surface area contributed by atoms with Gasteiger partial charge >= 0.3 is 0 Å². The minimum absolute atomic E-state index is 0.831.